The fourth-order valence-electron chi connectivity index (χ4n) is 2.29. The number of likely N-dealkylation sites (tertiary alicyclic amines) is 1. The van der Waals surface area contributed by atoms with Gasteiger partial charge in [0.1, 0.15) is 12.2 Å². The van der Waals surface area contributed by atoms with E-state index in [1.165, 1.54) is 0 Å². The summed E-state index contributed by atoms with van der Waals surface area (Å²) in [6, 6.07) is 3.24. The summed E-state index contributed by atoms with van der Waals surface area (Å²) in [6.45, 7) is 2.64. The summed E-state index contributed by atoms with van der Waals surface area (Å²) in [7, 11) is 0. The number of hydrogen-bond donors (Lipinski definition) is 1. The molecule has 1 saturated heterocycles. The van der Waals surface area contributed by atoms with Gasteiger partial charge in [0.25, 0.3) is 5.91 Å². The first-order valence-corrected chi connectivity index (χ1v) is 6.24. The SMILES string of the molecule is CC(=O)N1CCC[C@@H]1COc1ncccc1C(N)=O. The number of carbonyl (C=O) groups is 2. The van der Waals surface area contributed by atoms with E-state index in [1.54, 1.807) is 30.2 Å². The van der Waals surface area contributed by atoms with Crippen molar-refractivity contribution in [1.29, 1.82) is 0 Å². The predicted molar refractivity (Wildman–Crippen MR) is 68.7 cm³/mol. The molecule has 0 saturated carbocycles. The van der Waals surface area contributed by atoms with Gasteiger partial charge in [-0.3, -0.25) is 9.59 Å². The summed E-state index contributed by atoms with van der Waals surface area (Å²) in [5.41, 5.74) is 5.51. The molecule has 19 heavy (non-hydrogen) atoms. The van der Waals surface area contributed by atoms with E-state index in [4.69, 9.17) is 10.5 Å². The van der Waals surface area contributed by atoms with Gasteiger partial charge in [0.15, 0.2) is 0 Å². The third-order valence-electron chi connectivity index (χ3n) is 3.23. The standard InChI is InChI=1S/C13H17N3O3/c1-9(17)16-7-3-4-10(16)8-19-13-11(12(14)18)5-2-6-15-13/h2,5-6,10H,3-4,7-8H2,1H3,(H2,14,18)/t10-/m1/s1. The molecule has 6 nitrogen and oxygen atoms in total. The molecule has 1 aromatic rings. The lowest BCUT2D eigenvalue weighted by atomic mass is 10.2. The van der Waals surface area contributed by atoms with E-state index in [-0.39, 0.29) is 23.4 Å². The highest BCUT2D eigenvalue weighted by molar-refractivity contribution is 5.94. The first-order valence-electron chi connectivity index (χ1n) is 6.24. The number of carbonyl (C=O) groups excluding carboxylic acids is 2. The van der Waals surface area contributed by atoms with Crippen LogP contribution in [0.4, 0.5) is 0 Å². The molecule has 0 aromatic carbocycles. The molecule has 0 spiro atoms. The van der Waals surface area contributed by atoms with Gasteiger partial charge in [0, 0.05) is 19.7 Å². The van der Waals surface area contributed by atoms with E-state index in [0.717, 1.165) is 19.4 Å². The van der Waals surface area contributed by atoms with Crippen LogP contribution in [0, 0.1) is 0 Å². The molecule has 2 rings (SSSR count). The zero-order valence-corrected chi connectivity index (χ0v) is 10.8. The van der Waals surface area contributed by atoms with E-state index < -0.39 is 5.91 Å². The Labute approximate surface area is 111 Å². The monoisotopic (exact) mass is 263 g/mol. The number of rotatable bonds is 4. The molecule has 1 fully saturated rings. The second-order valence-corrected chi connectivity index (χ2v) is 4.54. The largest absolute Gasteiger partial charge is 0.475 e. The van der Waals surface area contributed by atoms with Crippen LogP contribution in [-0.2, 0) is 4.79 Å². The first kappa shape index (κ1) is 13.3. The third-order valence-corrected chi connectivity index (χ3v) is 3.23. The number of hydrogen-bond acceptors (Lipinski definition) is 4. The van der Waals surface area contributed by atoms with Crippen LogP contribution in [0.2, 0.25) is 0 Å². The lowest BCUT2D eigenvalue weighted by Crippen LogP contribution is -2.37. The number of nitrogens with zero attached hydrogens (tertiary/aromatic N) is 2. The Hall–Kier alpha value is -2.11. The second-order valence-electron chi connectivity index (χ2n) is 4.54. The summed E-state index contributed by atoms with van der Waals surface area (Å²) < 4.78 is 5.56. The smallest absolute Gasteiger partial charge is 0.254 e. The van der Waals surface area contributed by atoms with Crippen molar-refractivity contribution in [3.63, 3.8) is 0 Å². The van der Waals surface area contributed by atoms with Gasteiger partial charge >= 0.3 is 0 Å². The number of pyridine rings is 1. The summed E-state index contributed by atoms with van der Waals surface area (Å²) in [4.78, 5) is 28.4. The summed E-state index contributed by atoms with van der Waals surface area (Å²) in [6.07, 6.45) is 3.41. The van der Waals surface area contributed by atoms with Crippen LogP contribution < -0.4 is 10.5 Å². The minimum absolute atomic E-state index is 0.0419. The molecule has 102 valence electrons. The van der Waals surface area contributed by atoms with Crippen molar-refractivity contribution in [2.45, 2.75) is 25.8 Å². The predicted octanol–water partition coefficient (Wildman–Crippen LogP) is 0.570. The molecule has 1 aromatic heterocycles. The maximum absolute atomic E-state index is 11.4. The van der Waals surface area contributed by atoms with Gasteiger partial charge in [-0.2, -0.15) is 0 Å². The van der Waals surface area contributed by atoms with Crippen molar-refractivity contribution < 1.29 is 14.3 Å². The van der Waals surface area contributed by atoms with Gasteiger partial charge in [-0.05, 0) is 25.0 Å². The lowest BCUT2D eigenvalue weighted by Gasteiger charge is -2.23. The second kappa shape index (κ2) is 5.69. The maximum Gasteiger partial charge on any atom is 0.254 e. The van der Waals surface area contributed by atoms with Gasteiger partial charge in [-0.1, -0.05) is 0 Å². The molecule has 2 heterocycles. The summed E-state index contributed by atoms with van der Waals surface area (Å²) in [5.74, 6) is -0.300. The molecule has 6 heteroatoms. The highest BCUT2D eigenvalue weighted by Gasteiger charge is 2.27. The maximum atomic E-state index is 11.4. The average molecular weight is 263 g/mol. The molecule has 2 amide bonds. The Morgan fingerprint density at radius 1 is 1.58 bits per heavy atom. The Balaban J connectivity index is 2.03. The zero-order valence-electron chi connectivity index (χ0n) is 10.8. The topological polar surface area (TPSA) is 85.5 Å². The van der Waals surface area contributed by atoms with Crippen molar-refractivity contribution in [1.82, 2.24) is 9.88 Å². The van der Waals surface area contributed by atoms with Crippen LogP contribution in [0.25, 0.3) is 0 Å². The van der Waals surface area contributed by atoms with Gasteiger partial charge in [-0.15, -0.1) is 0 Å². The normalized spacial score (nSPS) is 18.4. The van der Waals surface area contributed by atoms with E-state index in [2.05, 4.69) is 4.98 Å². The highest BCUT2D eigenvalue weighted by Crippen LogP contribution is 2.20. The Morgan fingerprint density at radius 3 is 3.05 bits per heavy atom. The van der Waals surface area contributed by atoms with Crippen LogP contribution in [0.1, 0.15) is 30.1 Å². The Morgan fingerprint density at radius 2 is 2.37 bits per heavy atom. The van der Waals surface area contributed by atoms with Crippen LogP contribution in [0.5, 0.6) is 5.88 Å². The van der Waals surface area contributed by atoms with Crippen molar-refractivity contribution in [2.75, 3.05) is 13.2 Å². The number of primary amides is 1. The van der Waals surface area contributed by atoms with Crippen molar-refractivity contribution in [2.24, 2.45) is 5.73 Å². The van der Waals surface area contributed by atoms with Crippen LogP contribution in [-0.4, -0.2) is 40.9 Å². The van der Waals surface area contributed by atoms with Crippen molar-refractivity contribution >= 4 is 11.8 Å². The van der Waals surface area contributed by atoms with Crippen molar-refractivity contribution in [3.05, 3.63) is 23.9 Å². The molecule has 1 aliphatic rings. The number of amides is 2. The molecule has 2 N–H and O–H groups in total. The first-order chi connectivity index (χ1) is 9.09. The van der Waals surface area contributed by atoms with Gasteiger partial charge in [-0.25, -0.2) is 4.98 Å². The van der Waals surface area contributed by atoms with Crippen LogP contribution in [0.3, 0.4) is 0 Å². The Bertz CT molecular complexity index is 490. The molecule has 0 radical (unpaired) electrons. The van der Waals surface area contributed by atoms with Crippen LogP contribution in [0.15, 0.2) is 18.3 Å². The highest BCUT2D eigenvalue weighted by atomic mass is 16.5. The minimum atomic E-state index is -0.571. The van der Waals surface area contributed by atoms with E-state index >= 15 is 0 Å². The van der Waals surface area contributed by atoms with Crippen molar-refractivity contribution in [3.8, 4) is 5.88 Å². The minimum Gasteiger partial charge on any atom is -0.475 e. The lowest BCUT2D eigenvalue weighted by molar-refractivity contribution is -0.130. The number of nitrogens with two attached hydrogens (primary N) is 1. The summed E-state index contributed by atoms with van der Waals surface area (Å²) >= 11 is 0. The molecular weight excluding hydrogens is 246 g/mol. The zero-order chi connectivity index (χ0) is 13.8. The number of ether oxygens (including phenoxy) is 1. The molecule has 0 bridgehead atoms. The van der Waals surface area contributed by atoms with E-state index in [0.29, 0.717) is 6.61 Å². The Kier molecular flexibility index (Phi) is 3.99. The van der Waals surface area contributed by atoms with E-state index in [1.807, 2.05) is 0 Å². The van der Waals surface area contributed by atoms with E-state index in [9.17, 15) is 9.59 Å². The fourth-order valence-corrected chi connectivity index (χ4v) is 2.29. The van der Waals surface area contributed by atoms with Gasteiger partial charge in [0.05, 0.1) is 6.04 Å². The number of aromatic nitrogens is 1. The quantitative estimate of drug-likeness (QED) is 0.860. The fraction of sp³-hybridized carbons (Fsp3) is 0.462. The molecule has 0 aliphatic carbocycles. The van der Waals surface area contributed by atoms with Crippen LogP contribution >= 0.6 is 0 Å². The average Bonchev–Trinajstić information content (AvgIpc) is 2.85. The molecule has 1 atom stereocenters. The van der Waals surface area contributed by atoms with Gasteiger partial charge in [0.2, 0.25) is 11.8 Å². The molecular formula is C13H17N3O3. The molecule has 0 unspecified atom stereocenters. The van der Waals surface area contributed by atoms with Gasteiger partial charge < -0.3 is 15.4 Å². The summed E-state index contributed by atoms with van der Waals surface area (Å²) in [5, 5.41) is 0. The third kappa shape index (κ3) is 3.01. The molecule has 1 aliphatic heterocycles.